The van der Waals surface area contributed by atoms with Crippen LogP contribution in [-0.4, -0.2) is 36.0 Å². The summed E-state index contributed by atoms with van der Waals surface area (Å²) in [6.45, 7) is 5.64. The first-order chi connectivity index (χ1) is 10.5. The minimum atomic E-state index is -0.625. The third kappa shape index (κ3) is 4.72. The van der Waals surface area contributed by atoms with Crippen molar-refractivity contribution in [2.24, 2.45) is 0 Å². The molecule has 1 rings (SSSR count). The molecule has 0 aromatic heterocycles. The number of halogens is 1. The molecule has 1 aromatic carbocycles. The van der Waals surface area contributed by atoms with Gasteiger partial charge in [-0.25, -0.2) is 4.39 Å². The first kappa shape index (κ1) is 18.0. The van der Waals surface area contributed by atoms with Crippen LogP contribution in [0.3, 0.4) is 0 Å². The zero-order chi connectivity index (χ0) is 16.5. The number of allylic oxidation sites excluding steroid dienone is 3. The molecule has 0 heterocycles. The van der Waals surface area contributed by atoms with Crippen molar-refractivity contribution in [1.29, 1.82) is 0 Å². The number of hydrogen-bond donors (Lipinski definition) is 0. The molecule has 0 unspecified atom stereocenters. The summed E-state index contributed by atoms with van der Waals surface area (Å²) in [6, 6.07) is 9.84. The van der Waals surface area contributed by atoms with Crippen molar-refractivity contribution in [3.63, 3.8) is 0 Å². The van der Waals surface area contributed by atoms with Crippen LogP contribution < -0.4 is 0 Å². The lowest BCUT2D eigenvalue weighted by molar-refractivity contribution is -0.117. The minimum Gasteiger partial charge on any atom is -0.370 e. The Morgan fingerprint density at radius 2 is 1.91 bits per heavy atom. The van der Waals surface area contributed by atoms with Crippen LogP contribution in [0.15, 0.2) is 53.9 Å². The van der Waals surface area contributed by atoms with Gasteiger partial charge in [0.05, 0.1) is 11.4 Å². The summed E-state index contributed by atoms with van der Waals surface area (Å²) >= 11 is 0. The maximum atomic E-state index is 13.7. The highest BCUT2D eigenvalue weighted by atomic mass is 19.1. The molecule has 22 heavy (non-hydrogen) atoms. The number of alkyl halides is 1. The second-order valence-corrected chi connectivity index (χ2v) is 5.41. The van der Waals surface area contributed by atoms with E-state index in [-0.39, 0.29) is 6.04 Å². The van der Waals surface area contributed by atoms with Crippen molar-refractivity contribution in [1.82, 2.24) is 9.80 Å². The van der Waals surface area contributed by atoms with Crippen molar-refractivity contribution in [3.05, 3.63) is 59.4 Å². The summed E-state index contributed by atoms with van der Waals surface area (Å²) in [6.07, 6.45) is 4.36. The monoisotopic (exact) mass is 304 g/mol. The number of rotatable bonds is 8. The molecule has 0 spiro atoms. The fourth-order valence-corrected chi connectivity index (χ4v) is 2.26. The summed E-state index contributed by atoms with van der Waals surface area (Å²) in [5, 5.41) is 0. The van der Waals surface area contributed by atoms with E-state index in [4.69, 9.17) is 0 Å². The van der Waals surface area contributed by atoms with E-state index in [9.17, 15) is 9.18 Å². The van der Waals surface area contributed by atoms with Crippen molar-refractivity contribution in [3.8, 4) is 0 Å². The summed E-state index contributed by atoms with van der Waals surface area (Å²) in [5.41, 5.74) is 2.20. The molecule has 0 aliphatic rings. The van der Waals surface area contributed by atoms with E-state index >= 15 is 0 Å². The molecule has 0 atom stereocenters. The molecule has 1 amide bonds. The number of hydrogen-bond acceptors (Lipinski definition) is 2. The Balaban J connectivity index is 3.16. The number of amides is 1. The van der Waals surface area contributed by atoms with E-state index in [2.05, 4.69) is 0 Å². The van der Waals surface area contributed by atoms with Crippen LogP contribution in [0.25, 0.3) is 0 Å². The Kier molecular flexibility index (Phi) is 7.37. The maximum Gasteiger partial charge on any atom is 0.214 e. The van der Waals surface area contributed by atoms with E-state index < -0.39 is 6.67 Å². The van der Waals surface area contributed by atoms with Crippen LogP contribution in [0, 0.1) is 0 Å². The zero-order valence-electron chi connectivity index (χ0n) is 13.8. The fraction of sp³-hybridized carbons (Fsp3) is 0.389. The van der Waals surface area contributed by atoms with Crippen molar-refractivity contribution in [2.45, 2.75) is 33.4 Å². The molecular formula is C18H25FN2O. The van der Waals surface area contributed by atoms with Crippen molar-refractivity contribution in [2.75, 3.05) is 13.7 Å². The second-order valence-electron chi connectivity index (χ2n) is 5.41. The molecule has 0 aliphatic carbocycles. The summed E-state index contributed by atoms with van der Waals surface area (Å²) in [4.78, 5) is 14.8. The van der Waals surface area contributed by atoms with Crippen LogP contribution in [0.2, 0.25) is 0 Å². The van der Waals surface area contributed by atoms with Gasteiger partial charge in [-0.1, -0.05) is 36.4 Å². The van der Waals surface area contributed by atoms with Gasteiger partial charge in [0.1, 0.15) is 6.67 Å². The number of carbonyl (C=O) groups is 1. The standard InChI is InChI=1S/C18H25FN2O/c1-5-9-17(21(14-22)15(2)3)18(12-19)20(4)13-16-10-7-6-8-11-16/h5-11,14-15H,12-13H2,1-4H3/b9-5?,18-17-. The van der Waals surface area contributed by atoms with Crippen molar-refractivity contribution >= 4 is 6.41 Å². The zero-order valence-corrected chi connectivity index (χ0v) is 13.8. The molecule has 0 saturated carbocycles. The molecule has 0 bridgehead atoms. The minimum absolute atomic E-state index is 0.0321. The predicted molar refractivity (Wildman–Crippen MR) is 88.8 cm³/mol. The highest BCUT2D eigenvalue weighted by molar-refractivity contribution is 5.54. The van der Waals surface area contributed by atoms with Gasteiger partial charge in [-0.2, -0.15) is 0 Å². The van der Waals surface area contributed by atoms with Gasteiger partial charge in [0.15, 0.2) is 0 Å². The molecule has 0 fully saturated rings. The molecular weight excluding hydrogens is 279 g/mol. The molecule has 0 saturated heterocycles. The molecule has 120 valence electrons. The average Bonchev–Trinajstić information content (AvgIpc) is 2.49. The van der Waals surface area contributed by atoms with E-state index in [1.54, 1.807) is 11.0 Å². The van der Waals surface area contributed by atoms with Crippen LogP contribution in [0.5, 0.6) is 0 Å². The number of carbonyl (C=O) groups excluding carboxylic acids is 1. The Labute approximate surface area is 132 Å². The molecule has 0 aliphatic heterocycles. The lowest BCUT2D eigenvalue weighted by atomic mass is 10.2. The highest BCUT2D eigenvalue weighted by Gasteiger charge is 2.18. The van der Waals surface area contributed by atoms with Gasteiger partial charge >= 0.3 is 0 Å². The summed E-state index contributed by atoms with van der Waals surface area (Å²) in [7, 11) is 1.84. The normalized spacial score (nSPS) is 12.5. The number of nitrogens with zero attached hydrogens (tertiary/aromatic N) is 2. The van der Waals surface area contributed by atoms with E-state index in [0.717, 1.165) is 12.0 Å². The molecule has 1 aromatic rings. The second kappa shape index (κ2) is 9.03. The highest BCUT2D eigenvalue weighted by Crippen LogP contribution is 2.19. The van der Waals surface area contributed by atoms with Crippen LogP contribution in [0.4, 0.5) is 4.39 Å². The van der Waals surface area contributed by atoms with Crippen LogP contribution in [-0.2, 0) is 11.3 Å². The van der Waals surface area contributed by atoms with Gasteiger partial charge in [-0.05, 0) is 32.4 Å². The molecule has 4 heteroatoms. The SMILES string of the molecule is CC=C/C(=C(\CF)N(C)Cc1ccccc1)N(C=O)C(C)C. The van der Waals surface area contributed by atoms with Crippen LogP contribution >= 0.6 is 0 Å². The molecule has 3 nitrogen and oxygen atoms in total. The van der Waals surface area contributed by atoms with E-state index in [0.29, 0.717) is 17.9 Å². The lowest BCUT2D eigenvalue weighted by Gasteiger charge is -2.29. The number of benzene rings is 1. The Morgan fingerprint density at radius 3 is 2.36 bits per heavy atom. The summed E-state index contributed by atoms with van der Waals surface area (Å²) in [5.74, 6) is 0. The Hall–Kier alpha value is -2.10. The third-order valence-corrected chi connectivity index (χ3v) is 3.42. The van der Waals surface area contributed by atoms with Crippen LogP contribution in [0.1, 0.15) is 26.3 Å². The van der Waals surface area contributed by atoms with Gasteiger partial charge in [-0.3, -0.25) is 4.79 Å². The maximum absolute atomic E-state index is 13.7. The van der Waals surface area contributed by atoms with Gasteiger partial charge < -0.3 is 9.80 Å². The summed E-state index contributed by atoms with van der Waals surface area (Å²) < 4.78 is 13.7. The lowest BCUT2D eigenvalue weighted by Crippen LogP contribution is -2.32. The predicted octanol–water partition coefficient (Wildman–Crippen LogP) is 3.74. The van der Waals surface area contributed by atoms with E-state index in [1.165, 1.54) is 0 Å². The average molecular weight is 304 g/mol. The Morgan fingerprint density at radius 1 is 1.27 bits per heavy atom. The smallest absolute Gasteiger partial charge is 0.214 e. The third-order valence-electron chi connectivity index (χ3n) is 3.42. The van der Waals surface area contributed by atoms with E-state index in [1.807, 2.05) is 69.1 Å². The molecule has 0 radical (unpaired) electrons. The van der Waals surface area contributed by atoms with Gasteiger partial charge in [0.25, 0.3) is 0 Å². The largest absolute Gasteiger partial charge is 0.370 e. The Bertz CT molecular complexity index is 523. The van der Waals surface area contributed by atoms with Crippen molar-refractivity contribution < 1.29 is 9.18 Å². The fourth-order valence-electron chi connectivity index (χ4n) is 2.26. The van der Waals surface area contributed by atoms with Gasteiger partial charge in [0, 0.05) is 19.6 Å². The van der Waals surface area contributed by atoms with Gasteiger partial charge in [-0.15, -0.1) is 0 Å². The first-order valence-corrected chi connectivity index (χ1v) is 7.45. The quantitative estimate of drug-likeness (QED) is 0.539. The van der Waals surface area contributed by atoms with Gasteiger partial charge in [0.2, 0.25) is 6.41 Å². The first-order valence-electron chi connectivity index (χ1n) is 7.45. The molecule has 0 N–H and O–H groups in total. The topological polar surface area (TPSA) is 23.6 Å².